The Morgan fingerprint density at radius 3 is 2.83 bits per heavy atom. The third kappa shape index (κ3) is 3.49. The maximum absolute atomic E-state index is 5.37. The summed E-state index contributed by atoms with van der Waals surface area (Å²) >= 11 is 1.57. The Kier molecular flexibility index (Phi) is 5.07. The molecule has 1 fully saturated rings. The molecule has 0 spiro atoms. The molecule has 100 valence electrons. The summed E-state index contributed by atoms with van der Waals surface area (Å²) in [6.07, 6.45) is 3.09. The molecular weight excluding hydrogens is 248 g/mol. The maximum atomic E-state index is 5.37. The zero-order chi connectivity index (χ0) is 12.8. The van der Waals surface area contributed by atoms with E-state index in [1.165, 1.54) is 0 Å². The summed E-state index contributed by atoms with van der Waals surface area (Å²) in [5.41, 5.74) is 0. The van der Waals surface area contributed by atoms with Crippen molar-refractivity contribution in [2.45, 2.75) is 18.5 Å². The Hall–Kier alpha value is -1.01. The summed E-state index contributed by atoms with van der Waals surface area (Å²) in [6.45, 7) is 6.43. The highest BCUT2D eigenvalue weighted by molar-refractivity contribution is 7.98. The lowest BCUT2D eigenvalue weighted by Gasteiger charge is -2.28. The van der Waals surface area contributed by atoms with Crippen LogP contribution in [0.3, 0.4) is 0 Å². The molecule has 5 nitrogen and oxygen atoms in total. The quantitative estimate of drug-likeness (QED) is 0.650. The predicted octanol–water partition coefficient (Wildman–Crippen LogP) is 1.86. The minimum Gasteiger partial charge on any atom is -0.378 e. The standard InChI is InChI=1S/C12H20N4OS/c1-3-4-13-10-9-11(15-12(14-10)18-2)16-5-7-17-8-6-16/h9H,3-8H2,1-2H3,(H,13,14,15). The Morgan fingerprint density at radius 2 is 2.17 bits per heavy atom. The first-order valence-electron chi connectivity index (χ1n) is 6.33. The first kappa shape index (κ1) is 13.4. The molecule has 18 heavy (non-hydrogen) atoms. The Morgan fingerprint density at radius 1 is 1.39 bits per heavy atom. The maximum Gasteiger partial charge on any atom is 0.191 e. The van der Waals surface area contributed by atoms with Gasteiger partial charge in [-0.1, -0.05) is 18.7 Å². The lowest BCUT2D eigenvalue weighted by Crippen LogP contribution is -2.36. The van der Waals surface area contributed by atoms with Gasteiger partial charge in [-0.25, -0.2) is 9.97 Å². The molecule has 0 amide bonds. The minimum atomic E-state index is 0.774. The highest BCUT2D eigenvalue weighted by Gasteiger charge is 2.14. The number of nitrogens with zero attached hydrogens (tertiary/aromatic N) is 3. The number of nitrogens with one attached hydrogen (secondary N) is 1. The normalized spacial score (nSPS) is 15.8. The molecule has 1 aromatic rings. The Labute approximate surface area is 112 Å². The zero-order valence-corrected chi connectivity index (χ0v) is 11.8. The number of anilines is 2. The molecule has 1 saturated heterocycles. The van der Waals surface area contributed by atoms with Crippen LogP contribution in [-0.2, 0) is 4.74 Å². The van der Waals surface area contributed by atoms with Gasteiger partial charge < -0.3 is 15.0 Å². The fourth-order valence-electron chi connectivity index (χ4n) is 1.80. The second kappa shape index (κ2) is 6.80. The van der Waals surface area contributed by atoms with E-state index in [0.717, 1.165) is 56.1 Å². The van der Waals surface area contributed by atoms with Crippen LogP contribution in [0.2, 0.25) is 0 Å². The van der Waals surface area contributed by atoms with Crippen LogP contribution in [0.5, 0.6) is 0 Å². The van der Waals surface area contributed by atoms with Gasteiger partial charge in [-0.15, -0.1) is 0 Å². The third-order valence-electron chi connectivity index (χ3n) is 2.77. The van der Waals surface area contributed by atoms with Gasteiger partial charge in [-0.3, -0.25) is 0 Å². The molecule has 1 aliphatic rings. The number of morpholine rings is 1. The van der Waals surface area contributed by atoms with E-state index in [9.17, 15) is 0 Å². The van der Waals surface area contributed by atoms with E-state index < -0.39 is 0 Å². The van der Waals surface area contributed by atoms with Crippen molar-refractivity contribution in [3.63, 3.8) is 0 Å². The summed E-state index contributed by atoms with van der Waals surface area (Å²) in [5.74, 6) is 1.91. The van der Waals surface area contributed by atoms with Crippen LogP contribution in [0.4, 0.5) is 11.6 Å². The lowest BCUT2D eigenvalue weighted by atomic mass is 10.4. The van der Waals surface area contributed by atoms with E-state index in [1.54, 1.807) is 11.8 Å². The van der Waals surface area contributed by atoms with E-state index >= 15 is 0 Å². The summed E-state index contributed by atoms with van der Waals surface area (Å²) in [4.78, 5) is 11.3. The number of rotatable bonds is 5. The molecule has 1 aromatic heterocycles. The fourth-order valence-corrected chi connectivity index (χ4v) is 2.18. The Balaban J connectivity index is 2.16. The lowest BCUT2D eigenvalue weighted by molar-refractivity contribution is 0.122. The van der Waals surface area contributed by atoms with Crippen LogP contribution in [0.25, 0.3) is 0 Å². The predicted molar refractivity (Wildman–Crippen MR) is 75.6 cm³/mol. The monoisotopic (exact) mass is 268 g/mol. The number of thioether (sulfide) groups is 1. The van der Waals surface area contributed by atoms with E-state index in [0.29, 0.717) is 0 Å². The van der Waals surface area contributed by atoms with Crippen LogP contribution in [0.15, 0.2) is 11.2 Å². The third-order valence-corrected chi connectivity index (χ3v) is 3.31. The molecular formula is C12H20N4OS. The summed E-state index contributed by atoms with van der Waals surface area (Å²) in [7, 11) is 0. The number of aromatic nitrogens is 2. The zero-order valence-electron chi connectivity index (χ0n) is 11.0. The highest BCUT2D eigenvalue weighted by Crippen LogP contribution is 2.21. The molecule has 0 atom stereocenters. The average Bonchev–Trinajstić information content (AvgIpc) is 2.45. The van der Waals surface area contributed by atoms with Gasteiger partial charge in [0.05, 0.1) is 13.2 Å². The molecule has 2 rings (SSSR count). The smallest absolute Gasteiger partial charge is 0.191 e. The topological polar surface area (TPSA) is 50.3 Å². The van der Waals surface area contributed by atoms with Gasteiger partial charge in [-0.2, -0.15) is 0 Å². The second-order valence-electron chi connectivity index (χ2n) is 4.12. The SMILES string of the molecule is CCCNc1cc(N2CCOCC2)nc(SC)n1. The molecule has 0 aromatic carbocycles. The van der Waals surface area contributed by atoms with Crippen molar-refractivity contribution in [3.05, 3.63) is 6.07 Å². The van der Waals surface area contributed by atoms with Gasteiger partial charge in [0.2, 0.25) is 0 Å². The van der Waals surface area contributed by atoms with Crippen molar-refractivity contribution < 1.29 is 4.74 Å². The van der Waals surface area contributed by atoms with Crippen LogP contribution >= 0.6 is 11.8 Å². The van der Waals surface area contributed by atoms with Crippen molar-refractivity contribution in [1.82, 2.24) is 9.97 Å². The van der Waals surface area contributed by atoms with Crippen LogP contribution in [0.1, 0.15) is 13.3 Å². The summed E-state index contributed by atoms with van der Waals surface area (Å²) in [6, 6.07) is 2.03. The average molecular weight is 268 g/mol. The van der Waals surface area contributed by atoms with Gasteiger partial charge in [0.25, 0.3) is 0 Å². The molecule has 0 radical (unpaired) electrons. The van der Waals surface area contributed by atoms with Crippen molar-refractivity contribution in [2.75, 3.05) is 49.3 Å². The minimum absolute atomic E-state index is 0.774. The molecule has 0 saturated carbocycles. The van der Waals surface area contributed by atoms with Crippen molar-refractivity contribution >= 4 is 23.4 Å². The first-order chi connectivity index (χ1) is 8.83. The largest absolute Gasteiger partial charge is 0.378 e. The van der Waals surface area contributed by atoms with E-state index in [1.807, 2.05) is 12.3 Å². The van der Waals surface area contributed by atoms with Gasteiger partial charge in [0.1, 0.15) is 11.6 Å². The van der Waals surface area contributed by atoms with Gasteiger partial charge in [-0.05, 0) is 12.7 Å². The van der Waals surface area contributed by atoms with E-state index in [-0.39, 0.29) is 0 Å². The highest BCUT2D eigenvalue weighted by atomic mass is 32.2. The van der Waals surface area contributed by atoms with E-state index in [2.05, 4.69) is 27.1 Å². The van der Waals surface area contributed by atoms with E-state index in [4.69, 9.17) is 4.74 Å². The number of hydrogen-bond acceptors (Lipinski definition) is 6. The number of hydrogen-bond donors (Lipinski definition) is 1. The Bertz CT molecular complexity index is 382. The van der Waals surface area contributed by atoms with Crippen LogP contribution in [0, 0.1) is 0 Å². The molecule has 0 aliphatic carbocycles. The number of ether oxygens (including phenoxy) is 1. The molecule has 0 unspecified atom stereocenters. The van der Waals surface area contributed by atoms with Crippen LogP contribution < -0.4 is 10.2 Å². The fraction of sp³-hybridized carbons (Fsp3) is 0.667. The van der Waals surface area contributed by atoms with Crippen molar-refractivity contribution in [2.24, 2.45) is 0 Å². The van der Waals surface area contributed by atoms with Gasteiger partial charge in [0.15, 0.2) is 5.16 Å². The molecule has 2 heterocycles. The first-order valence-corrected chi connectivity index (χ1v) is 7.55. The van der Waals surface area contributed by atoms with Gasteiger partial charge in [0, 0.05) is 25.7 Å². The summed E-state index contributed by atoms with van der Waals surface area (Å²) < 4.78 is 5.37. The molecule has 6 heteroatoms. The van der Waals surface area contributed by atoms with Crippen LogP contribution in [-0.4, -0.2) is 49.1 Å². The molecule has 1 aliphatic heterocycles. The molecule has 1 N–H and O–H groups in total. The summed E-state index contributed by atoms with van der Waals surface area (Å²) in [5, 5.41) is 4.14. The molecule has 0 bridgehead atoms. The van der Waals surface area contributed by atoms with Crippen molar-refractivity contribution in [3.8, 4) is 0 Å². The second-order valence-corrected chi connectivity index (χ2v) is 4.90. The van der Waals surface area contributed by atoms with Gasteiger partial charge >= 0.3 is 0 Å². The van der Waals surface area contributed by atoms with Crippen molar-refractivity contribution in [1.29, 1.82) is 0 Å².